The average molecular weight is 362 g/mol. The third kappa shape index (κ3) is 5.68. The van der Waals surface area contributed by atoms with Crippen molar-refractivity contribution < 1.29 is 9.53 Å². The lowest BCUT2D eigenvalue weighted by Crippen LogP contribution is -2.36. The molecule has 0 bridgehead atoms. The standard InChI is InChI=1S/C23H26N2O2/c1-4-8-18(5-2)12-11-17(3)25-23(26)16-27-22-14-13-19(15-24)20-9-6-7-10-21(20)22/h4-10,13-15,17,24H,1-2,11-12,16H2,3H3,(H,25,26)/b18-8+,24-15?. The van der Waals surface area contributed by atoms with Crippen molar-refractivity contribution in [3.63, 3.8) is 0 Å². The van der Waals surface area contributed by atoms with Crippen LogP contribution in [0.25, 0.3) is 10.8 Å². The van der Waals surface area contributed by atoms with Crippen LogP contribution in [0.2, 0.25) is 0 Å². The van der Waals surface area contributed by atoms with Crippen molar-refractivity contribution in [1.29, 1.82) is 5.41 Å². The minimum absolute atomic E-state index is 0.0336. The van der Waals surface area contributed by atoms with E-state index in [-0.39, 0.29) is 18.6 Å². The molecule has 1 amide bonds. The van der Waals surface area contributed by atoms with Crippen molar-refractivity contribution in [2.24, 2.45) is 0 Å². The first-order valence-corrected chi connectivity index (χ1v) is 8.97. The quantitative estimate of drug-likeness (QED) is 0.471. The molecule has 1 unspecified atom stereocenters. The summed E-state index contributed by atoms with van der Waals surface area (Å²) in [6, 6.07) is 11.4. The molecule has 0 aromatic heterocycles. The molecule has 0 fully saturated rings. The summed E-state index contributed by atoms with van der Waals surface area (Å²) in [5.74, 6) is 0.484. The van der Waals surface area contributed by atoms with Crippen LogP contribution in [-0.4, -0.2) is 24.8 Å². The summed E-state index contributed by atoms with van der Waals surface area (Å²) in [5.41, 5.74) is 1.92. The molecule has 2 aromatic rings. The van der Waals surface area contributed by atoms with E-state index in [0.717, 1.165) is 34.8 Å². The van der Waals surface area contributed by atoms with Gasteiger partial charge in [0.05, 0.1) is 0 Å². The zero-order chi connectivity index (χ0) is 19.6. The summed E-state index contributed by atoms with van der Waals surface area (Å²) in [6.07, 6.45) is 8.43. The maximum atomic E-state index is 12.2. The topological polar surface area (TPSA) is 62.2 Å². The Kier molecular flexibility index (Phi) is 7.56. The molecule has 2 rings (SSSR count). The molecule has 0 spiro atoms. The first kappa shape index (κ1) is 20.2. The largest absolute Gasteiger partial charge is 0.483 e. The fraction of sp³-hybridized carbons (Fsp3) is 0.217. The van der Waals surface area contributed by atoms with E-state index in [1.807, 2.05) is 49.4 Å². The van der Waals surface area contributed by atoms with E-state index in [4.69, 9.17) is 10.1 Å². The van der Waals surface area contributed by atoms with Crippen LogP contribution in [0, 0.1) is 5.41 Å². The van der Waals surface area contributed by atoms with Crippen LogP contribution < -0.4 is 10.1 Å². The molecule has 0 radical (unpaired) electrons. The zero-order valence-electron chi connectivity index (χ0n) is 15.7. The molecule has 4 nitrogen and oxygen atoms in total. The number of allylic oxidation sites excluding steroid dienone is 4. The van der Waals surface area contributed by atoms with E-state index >= 15 is 0 Å². The Labute approximate surface area is 160 Å². The number of hydrogen-bond donors (Lipinski definition) is 2. The number of carbonyl (C=O) groups is 1. The van der Waals surface area contributed by atoms with Crippen LogP contribution in [0.5, 0.6) is 5.75 Å². The highest BCUT2D eigenvalue weighted by Crippen LogP contribution is 2.27. The molecule has 140 valence electrons. The molecule has 0 heterocycles. The molecule has 0 saturated carbocycles. The van der Waals surface area contributed by atoms with Crippen LogP contribution in [0.1, 0.15) is 25.3 Å². The van der Waals surface area contributed by atoms with E-state index in [1.165, 1.54) is 6.21 Å². The number of rotatable bonds is 10. The zero-order valence-corrected chi connectivity index (χ0v) is 15.7. The van der Waals surface area contributed by atoms with Crippen LogP contribution in [0.15, 0.2) is 73.4 Å². The Bertz CT molecular complexity index is 868. The van der Waals surface area contributed by atoms with Crippen LogP contribution in [-0.2, 0) is 4.79 Å². The lowest BCUT2D eigenvalue weighted by molar-refractivity contribution is -0.123. The van der Waals surface area contributed by atoms with Gasteiger partial charge in [0.1, 0.15) is 5.75 Å². The lowest BCUT2D eigenvalue weighted by atomic mass is 10.0. The molecule has 2 aromatic carbocycles. The molecule has 2 N–H and O–H groups in total. The van der Waals surface area contributed by atoms with Crippen molar-refractivity contribution in [2.45, 2.75) is 25.8 Å². The monoisotopic (exact) mass is 362 g/mol. The van der Waals surface area contributed by atoms with Gasteiger partial charge in [0.2, 0.25) is 0 Å². The van der Waals surface area contributed by atoms with E-state index in [0.29, 0.717) is 5.75 Å². The summed E-state index contributed by atoms with van der Waals surface area (Å²) in [7, 11) is 0. The van der Waals surface area contributed by atoms with Crippen molar-refractivity contribution in [3.8, 4) is 5.75 Å². The molecular weight excluding hydrogens is 336 g/mol. The van der Waals surface area contributed by atoms with Gasteiger partial charge >= 0.3 is 0 Å². The maximum absolute atomic E-state index is 12.2. The number of fused-ring (bicyclic) bond motifs is 1. The van der Waals surface area contributed by atoms with Gasteiger partial charge in [0.25, 0.3) is 5.91 Å². The van der Waals surface area contributed by atoms with Gasteiger partial charge in [-0.3, -0.25) is 4.79 Å². The molecule has 0 aliphatic heterocycles. The Balaban J connectivity index is 1.93. The number of carbonyl (C=O) groups excluding carboxylic acids is 1. The summed E-state index contributed by atoms with van der Waals surface area (Å²) in [4.78, 5) is 12.2. The van der Waals surface area contributed by atoms with E-state index in [1.54, 1.807) is 12.1 Å². The second-order valence-electron chi connectivity index (χ2n) is 6.32. The van der Waals surface area contributed by atoms with Gasteiger partial charge in [-0.15, -0.1) is 0 Å². The highest BCUT2D eigenvalue weighted by atomic mass is 16.5. The lowest BCUT2D eigenvalue weighted by Gasteiger charge is -2.15. The van der Waals surface area contributed by atoms with Gasteiger partial charge in [0.15, 0.2) is 6.61 Å². The number of benzene rings is 2. The Morgan fingerprint density at radius 2 is 1.96 bits per heavy atom. The minimum Gasteiger partial charge on any atom is -0.483 e. The van der Waals surface area contributed by atoms with Crippen LogP contribution in [0.3, 0.4) is 0 Å². The van der Waals surface area contributed by atoms with Gasteiger partial charge < -0.3 is 15.5 Å². The predicted octanol–water partition coefficient (Wildman–Crippen LogP) is 4.80. The first-order valence-electron chi connectivity index (χ1n) is 8.97. The highest BCUT2D eigenvalue weighted by Gasteiger charge is 2.10. The fourth-order valence-corrected chi connectivity index (χ4v) is 2.87. The smallest absolute Gasteiger partial charge is 0.258 e. The summed E-state index contributed by atoms with van der Waals surface area (Å²) in [6.45, 7) is 9.39. The van der Waals surface area contributed by atoms with Gasteiger partial charge in [-0.05, 0) is 42.9 Å². The highest BCUT2D eigenvalue weighted by molar-refractivity contribution is 6.01. The van der Waals surface area contributed by atoms with Crippen molar-refractivity contribution in [3.05, 3.63) is 78.9 Å². The second kappa shape index (κ2) is 10.1. The predicted molar refractivity (Wildman–Crippen MR) is 113 cm³/mol. The molecule has 27 heavy (non-hydrogen) atoms. The second-order valence-corrected chi connectivity index (χ2v) is 6.32. The summed E-state index contributed by atoms with van der Waals surface area (Å²) >= 11 is 0. The van der Waals surface area contributed by atoms with E-state index < -0.39 is 0 Å². The Morgan fingerprint density at radius 3 is 2.63 bits per heavy atom. The minimum atomic E-state index is -0.157. The van der Waals surface area contributed by atoms with Gasteiger partial charge in [-0.1, -0.05) is 55.7 Å². The van der Waals surface area contributed by atoms with Gasteiger partial charge in [0, 0.05) is 23.2 Å². The Morgan fingerprint density at radius 1 is 1.22 bits per heavy atom. The molecule has 4 heteroatoms. The van der Waals surface area contributed by atoms with Crippen LogP contribution >= 0.6 is 0 Å². The number of amides is 1. The molecular formula is C23H26N2O2. The number of nitrogens with one attached hydrogen (secondary N) is 2. The van der Waals surface area contributed by atoms with Crippen molar-refractivity contribution in [1.82, 2.24) is 5.32 Å². The summed E-state index contributed by atoms with van der Waals surface area (Å²) < 4.78 is 5.74. The van der Waals surface area contributed by atoms with Crippen molar-refractivity contribution >= 4 is 22.9 Å². The fourth-order valence-electron chi connectivity index (χ4n) is 2.87. The third-order valence-corrected chi connectivity index (χ3v) is 4.30. The maximum Gasteiger partial charge on any atom is 0.258 e. The van der Waals surface area contributed by atoms with Crippen molar-refractivity contribution in [2.75, 3.05) is 6.61 Å². The average Bonchev–Trinajstić information content (AvgIpc) is 2.69. The SMILES string of the molecule is C=C/C=C(\C=C)CCC(C)NC(=O)COc1ccc(C=N)c2ccccc12. The molecule has 0 aliphatic carbocycles. The number of ether oxygens (including phenoxy) is 1. The Hall–Kier alpha value is -3.14. The number of hydrogen-bond acceptors (Lipinski definition) is 3. The normalized spacial score (nSPS) is 12.3. The molecule has 1 atom stereocenters. The summed E-state index contributed by atoms with van der Waals surface area (Å²) in [5, 5.41) is 12.3. The van der Waals surface area contributed by atoms with Crippen LogP contribution in [0.4, 0.5) is 0 Å². The van der Waals surface area contributed by atoms with E-state index in [9.17, 15) is 4.79 Å². The molecule has 0 aliphatic rings. The van der Waals surface area contributed by atoms with E-state index in [2.05, 4.69) is 18.5 Å². The first-order chi connectivity index (χ1) is 13.1. The molecule has 0 saturated heterocycles. The van der Waals surface area contributed by atoms with Gasteiger partial charge in [-0.2, -0.15) is 0 Å². The third-order valence-electron chi connectivity index (χ3n) is 4.30. The van der Waals surface area contributed by atoms with Gasteiger partial charge in [-0.25, -0.2) is 0 Å².